The van der Waals surface area contributed by atoms with Gasteiger partial charge in [-0.15, -0.1) is 0 Å². The van der Waals surface area contributed by atoms with E-state index in [0.717, 1.165) is 33.6 Å². The van der Waals surface area contributed by atoms with E-state index in [1.807, 2.05) is 18.2 Å². The largest absolute Gasteiger partial charge is 0.310 e. The van der Waals surface area contributed by atoms with Gasteiger partial charge in [0.05, 0.1) is 0 Å². The van der Waals surface area contributed by atoms with Gasteiger partial charge in [0.25, 0.3) is 0 Å². The van der Waals surface area contributed by atoms with Crippen LogP contribution in [-0.4, -0.2) is 0 Å². The third-order valence-corrected chi connectivity index (χ3v) is 10.9. The van der Waals surface area contributed by atoms with Gasteiger partial charge in [-0.25, -0.2) is 4.39 Å². The lowest BCUT2D eigenvalue weighted by molar-refractivity contribution is 0.628. The van der Waals surface area contributed by atoms with Gasteiger partial charge in [0.15, 0.2) is 0 Å². The molecule has 10 rings (SSSR count). The lowest BCUT2D eigenvalue weighted by Gasteiger charge is -2.27. The molecular weight excluding hydrogens is 682 g/mol. The molecule has 1 nitrogen and oxygen atoms in total. The first-order valence-electron chi connectivity index (χ1n) is 19.0. The molecule has 264 valence electrons. The van der Waals surface area contributed by atoms with E-state index in [0.29, 0.717) is 0 Å². The van der Waals surface area contributed by atoms with Crippen molar-refractivity contribution in [2.24, 2.45) is 0 Å². The van der Waals surface area contributed by atoms with Crippen molar-refractivity contribution in [1.29, 1.82) is 0 Å². The van der Waals surface area contributed by atoms with Gasteiger partial charge >= 0.3 is 0 Å². The lowest BCUT2D eigenvalue weighted by Crippen LogP contribution is -2.10. The molecule has 0 aromatic heterocycles. The smallest absolute Gasteiger partial charge is 0.123 e. The predicted octanol–water partition coefficient (Wildman–Crippen LogP) is 15.4. The van der Waals surface area contributed by atoms with Crippen LogP contribution in [0.1, 0.15) is 0 Å². The molecule has 0 fully saturated rings. The predicted molar refractivity (Wildman–Crippen MR) is 235 cm³/mol. The van der Waals surface area contributed by atoms with Gasteiger partial charge in [0.2, 0.25) is 0 Å². The summed E-state index contributed by atoms with van der Waals surface area (Å²) in [6.45, 7) is 0. The highest BCUT2D eigenvalue weighted by Crippen LogP contribution is 2.50. The summed E-state index contributed by atoms with van der Waals surface area (Å²) in [5.41, 5.74) is 12.3. The van der Waals surface area contributed by atoms with E-state index < -0.39 is 0 Å². The molecule has 0 aliphatic carbocycles. The highest BCUT2D eigenvalue weighted by atomic mass is 19.1. The molecule has 0 aliphatic heterocycles. The summed E-state index contributed by atoms with van der Waals surface area (Å²) in [4.78, 5) is 2.22. The number of halogens is 1. The van der Waals surface area contributed by atoms with E-state index in [1.54, 1.807) is 0 Å². The van der Waals surface area contributed by atoms with Crippen LogP contribution in [0, 0.1) is 5.82 Å². The minimum absolute atomic E-state index is 0.263. The van der Waals surface area contributed by atoms with Crippen LogP contribution in [0.4, 0.5) is 21.5 Å². The fourth-order valence-corrected chi connectivity index (χ4v) is 8.35. The molecule has 0 aliphatic rings. The van der Waals surface area contributed by atoms with E-state index in [9.17, 15) is 4.39 Å². The molecule has 56 heavy (non-hydrogen) atoms. The lowest BCUT2D eigenvalue weighted by atomic mass is 9.81. The van der Waals surface area contributed by atoms with Gasteiger partial charge in [-0.1, -0.05) is 164 Å². The molecule has 0 unspecified atom stereocenters. The molecule has 0 amide bonds. The van der Waals surface area contributed by atoms with E-state index in [4.69, 9.17) is 0 Å². The Kier molecular flexibility index (Phi) is 8.42. The van der Waals surface area contributed by atoms with E-state index >= 15 is 0 Å². The number of nitrogens with zero attached hydrogens (tertiary/aromatic N) is 1. The molecule has 0 radical (unpaired) electrons. The molecule has 10 aromatic carbocycles. The molecule has 0 saturated heterocycles. The Morgan fingerprint density at radius 2 is 0.732 bits per heavy atom. The van der Waals surface area contributed by atoms with Crippen molar-refractivity contribution in [2.45, 2.75) is 0 Å². The van der Waals surface area contributed by atoms with Crippen LogP contribution in [0.2, 0.25) is 0 Å². The maximum Gasteiger partial charge on any atom is 0.123 e. The minimum Gasteiger partial charge on any atom is -0.310 e. The minimum atomic E-state index is -0.263. The van der Waals surface area contributed by atoms with Crippen molar-refractivity contribution in [2.75, 3.05) is 4.90 Å². The Bertz CT molecular complexity index is 2980. The van der Waals surface area contributed by atoms with Crippen LogP contribution in [-0.2, 0) is 0 Å². The standard InChI is InChI=1S/C54H36FN/c55-42-27-31-44(32-28-42)56(43-29-25-38(26-30-43)37-15-5-1-6-16-37)45-33-34-48-51(35-45)46-23-13-14-24-47(46)53-50(40-19-9-3-10-20-40)36-49(39-17-7-2-8-18-39)52(54(48)53)41-21-11-4-12-22-41/h1-36H. The van der Waals surface area contributed by atoms with Crippen LogP contribution < -0.4 is 4.90 Å². The molecule has 0 N–H and O–H groups in total. The molecule has 0 saturated carbocycles. The van der Waals surface area contributed by atoms with Crippen molar-refractivity contribution in [3.8, 4) is 44.5 Å². The molecule has 0 heterocycles. The Morgan fingerprint density at radius 1 is 0.286 bits per heavy atom. The van der Waals surface area contributed by atoms with Crippen LogP contribution in [0.25, 0.3) is 76.8 Å². The number of anilines is 3. The first-order valence-corrected chi connectivity index (χ1v) is 19.0. The van der Waals surface area contributed by atoms with Crippen molar-refractivity contribution in [3.05, 3.63) is 224 Å². The van der Waals surface area contributed by atoms with E-state index in [2.05, 4.69) is 193 Å². The second-order valence-electron chi connectivity index (χ2n) is 14.2. The molecular formula is C54H36FN. The fourth-order valence-electron chi connectivity index (χ4n) is 8.35. The zero-order chi connectivity index (χ0) is 37.4. The van der Waals surface area contributed by atoms with Gasteiger partial charge in [-0.2, -0.15) is 0 Å². The topological polar surface area (TPSA) is 3.24 Å². The summed E-state index contributed by atoms with van der Waals surface area (Å²) in [5, 5.41) is 7.16. The normalized spacial score (nSPS) is 11.3. The zero-order valence-corrected chi connectivity index (χ0v) is 30.6. The number of hydrogen-bond donors (Lipinski definition) is 0. The highest BCUT2D eigenvalue weighted by molar-refractivity contribution is 6.33. The first-order chi connectivity index (χ1) is 27.7. The maximum atomic E-state index is 14.4. The Morgan fingerprint density at radius 3 is 1.34 bits per heavy atom. The fraction of sp³-hybridized carbons (Fsp3) is 0. The van der Waals surface area contributed by atoms with E-state index in [-0.39, 0.29) is 5.82 Å². The number of fused-ring (bicyclic) bond motifs is 6. The van der Waals surface area contributed by atoms with Gasteiger partial charge < -0.3 is 4.90 Å². The molecule has 0 spiro atoms. The molecule has 2 heteroatoms. The van der Waals surface area contributed by atoms with Crippen LogP contribution in [0.3, 0.4) is 0 Å². The first kappa shape index (κ1) is 33.3. The Balaban J connectivity index is 1.30. The molecule has 10 aromatic rings. The quantitative estimate of drug-likeness (QED) is 0.148. The second kappa shape index (κ2) is 14.2. The van der Waals surface area contributed by atoms with E-state index in [1.165, 1.54) is 72.4 Å². The number of hydrogen-bond acceptors (Lipinski definition) is 1. The van der Waals surface area contributed by atoms with Crippen molar-refractivity contribution >= 4 is 49.4 Å². The zero-order valence-electron chi connectivity index (χ0n) is 30.6. The van der Waals surface area contributed by atoms with Crippen LogP contribution >= 0.6 is 0 Å². The third-order valence-electron chi connectivity index (χ3n) is 10.9. The summed E-state index contributed by atoms with van der Waals surface area (Å²) in [5.74, 6) is -0.263. The average Bonchev–Trinajstić information content (AvgIpc) is 3.28. The highest BCUT2D eigenvalue weighted by Gasteiger charge is 2.23. The Labute approximate surface area is 326 Å². The second-order valence-corrected chi connectivity index (χ2v) is 14.2. The summed E-state index contributed by atoms with van der Waals surface area (Å²) in [6, 6.07) is 76.2. The molecule has 0 atom stereocenters. The summed E-state index contributed by atoms with van der Waals surface area (Å²) in [6.07, 6.45) is 0. The summed E-state index contributed by atoms with van der Waals surface area (Å²) < 4.78 is 14.4. The van der Waals surface area contributed by atoms with Crippen LogP contribution in [0.5, 0.6) is 0 Å². The number of rotatable bonds is 7. The molecule has 0 bridgehead atoms. The third kappa shape index (κ3) is 5.89. The summed E-state index contributed by atoms with van der Waals surface area (Å²) >= 11 is 0. The van der Waals surface area contributed by atoms with Crippen molar-refractivity contribution < 1.29 is 4.39 Å². The maximum absolute atomic E-state index is 14.4. The van der Waals surface area contributed by atoms with Gasteiger partial charge in [0.1, 0.15) is 5.82 Å². The SMILES string of the molecule is Fc1ccc(N(c2ccc(-c3ccccc3)cc2)c2ccc3c(c2)c2ccccc2c2c(-c4ccccc4)cc(-c4ccccc4)c(-c4ccccc4)c32)cc1. The van der Waals surface area contributed by atoms with Crippen molar-refractivity contribution in [3.63, 3.8) is 0 Å². The monoisotopic (exact) mass is 717 g/mol. The van der Waals surface area contributed by atoms with Gasteiger partial charge in [-0.05, 0) is 131 Å². The van der Waals surface area contributed by atoms with Gasteiger partial charge in [-0.3, -0.25) is 0 Å². The van der Waals surface area contributed by atoms with Gasteiger partial charge in [0, 0.05) is 17.1 Å². The van der Waals surface area contributed by atoms with Crippen LogP contribution in [0.15, 0.2) is 218 Å². The Hall–Kier alpha value is -7.29. The average molecular weight is 718 g/mol. The number of benzene rings is 10. The summed E-state index contributed by atoms with van der Waals surface area (Å²) in [7, 11) is 0. The van der Waals surface area contributed by atoms with Crippen molar-refractivity contribution in [1.82, 2.24) is 0 Å².